The van der Waals surface area contributed by atoms with Crippen LogP contribution in [0.2, 0.25) is 0 Å². The Morgan fingerprint density at radius 3 is 2.25 bits per heavy atom. The molecular weight excluding hydrogens is 347 g/mol. The molecule has 0 unspecified atom stereocenters. The van der Waals surface area contributed by atoms with E-state index in [4.69, 9.17) is 0 Å². The van der Waals surface area contributed by atoms with Gasteiger partial charge in [-0.15, -0.1) is 0 Å². The van der Waals surface area contributed by atoms with E-state index in [0.717, 1.165) is 6.54 Å². The van der Waals surface area contributed by atoms with Gasteiger partial charge in [-0.2, -0.15) is 13.2 Å². The summed E-state index contributed by atoms with van der Waals surface area (Å²) < 4.78 is 62.7. The zero-order valence-corrected chi connectivity index (χ0v) is 14.2. The van der Waals surface area contributed by atoms with Crippen molar-refractivity contribution in [3.8, 4) is 0 Å². The van der Waals surface area contributed by atoms with Gasteiger partial charge in [-0.1, -0.05) is 0 Å². The Balaban J connectivity index is 2.64. The summed E-state index contributed by atoms with van der Waals surface area (Å²) in [5.41, 5.74) is -0.0468. The molecule has 0 atom stereocenters. The summed E-state index contributed by atoms with van der Waals surface area (Å²) in [6.45, 7) is -0.358. The highest BCUT2D eigenvalue weighted by Gasteiger charge is 2.28. The molecule has 0 radical (unpaired) electrons. The van der Waals surface area contributed by atoms with Crippen molar-refractivity contribution in [2.45, 2.75) is 17.5 Å². The Kier molecular flexibility index (Phi) is 7.18. The first-order valence-corrected chi connectivity index (χ1v) is 8.73. The van der Waals surface area contributed by atoms with Gasteiger partial charge in [0.25, 0.3) is 5.91 Å². The van der Waals surface area contributed by atoms with Crippen LogP contribution in [0.4, 0.5) is 13.2 Å². The molecule has 0 aliphatic heterocycles. The molecule has 0 fully saturated rings. The number of hydrogen-bond acceptors (Lipinski definition) is 3. The fourth-order valence-electron chi connectivity index (χ4n) is 1.80. The van der Waals surface area contributed by atoms with Crippen LogP contribution in [0.1, 0.15) is 16.8 Å². The van der Waals surface area contributed by atoms with Crippen LogP contribution in [-0.4, -0.2) is 54.2 Å². The smallest absolute Gasteiger partial charge is 0.343 e. The van der Waals surface area contributed by atoms with Gasteiger partial charge in [-0.05, 0) is 24.3 Å². The fraction of sp³-hybridized carbons (Fsp3) is 0.500. The minimum Gasteiger partial charge on any atom is -0.343 e. The standard InChI is InChI=1S/C14H20F3N3O3S/c1-20(2)9-3-8-19-24(22,23)12-6-4-11(5-7-12)13(21)18-10-14(15,16)17/h4-7,19H,3,8-10H2,1-2H3,(H,18,21)/p+1. The van der Waals surface area contributed by atoms with Crippen LogP contribution in [0.25, 0.3) is 0 Å². The fourth-order valence-corrected chi connectivity index (χ4v) is 2.87. The number of nitrogens with one attached hydrogen (secondary N) is 3. The van der Waals surface area contributed by atoms with E-state index in [1.807, 2.05) is 14.1 Å². The summed E-state index contributed by atoms with van der Waals surface area (Å²) in [7, 11) is 0.204. The Bertz CT molecular complexity index is 643. The van der Waals surface area contributed by atoms with Gasteiger partial charge in [0.15, 0.2) is 0 Å². The van der Waals surface area contributed by atoms with Crippen molar-refractivity contribution in [1.29, 1.82) is 0 Å². The van der Waals surface area contributed by atoms with E-state index in [-0.39, 0.29) is 17.0 Å². The number of rotatable bonds is 8. The molecule has 10 heteroatoms. The quantitative estimate of drug-likeness (QED) is 0.556. The van der Waals surface area contributed by atoms with Crippen molar-refractivity contribution in [3.05, 3.63) is 29.8 Å². The summed E-state index contributed by atoms with van der Waals surface area (Å²) in [4.78, 5) is 12.7. The number of hydrogen-bond donors (Lipinski definition) is 3. The van der Waals surface area contributed by atoms with Crippen LogP contribution >= 0.6 is 0 Å². The molecule has 1 amide bonds. The second-order valence-corrected chi connectivity index (χ2v) is 7.30. The lowest BCUT2D eigenvalue weighted by Crippen LogP contribution is -3.05. The summed E-state index contributed by atoms with van der Waals surface area (Å²) in [6.07, 6.45) is -3.84. The lowest BCUT2D eigenvalue weighted by atomic mass is 10.2. The first-order chi connectivity index (χ1) is 11.0. The van der Waals surface area contributed by atoms with E-state index < -0.39 is 28.7 Å². The van der Waals surface area contributed by atoms with Crippen molar-refractivity contribution in [3.63, 3.8) is 0 Å². The molecule has 6 nitrogen and oxygen atoms in total. The number of sulfonamides is 1. The Morgan fingerprint density at radius 2 is 1.75 bits per heavy atom. The number of halogens is 3. The van der Waals surface area contributed by atoms with Crippen molar-refractivity contribution in [2.24, 2.45) is 0 Å². The Morgan fingerprint density at radius 1 is 1.17 bits per heavy atom. The monoisotopic (exact) mass is 368 g/mol. The van der Waals surface area contributed by atoms with Gasteiger partial charge in [-0.25, -0.2) is 13.1 Å². The summed E-state index contributed by atoms with van der Waals surface area (Å²) in [5.74, 6) is -0.918. The molecule has 1 aromatic carbocycles. The van der Waals surface area contributed by atoms with E-state index >= 15 is 0 Å². The van der Waals surface area contributed by atoms with Crippen LogP contribution in [0.3, 0.4) is 0 Å². The van der Waals surface area contributed by atoms with Crippen LogP contribution in [0.5, 0.6) is 0 Å². The summed E-state index contributed by atoms with van der Waals surface area (Å²) in [6, 6.07) is 4.71. The average molecular weight is 368 g/mol. The molecule has 0 saturated carbocycles. The van der Waals surface area contributed by atoms with Crippen molar-refractivity contribution in [2.75, 3.05) is 33.7 Å². The number of carbonyl (C=O) groups excluding carboxylic acids is 1. The third kappa shape index (κ3) is 7.28. The van der Waals surface area contributed by atoms with E-state index in [9.17, 15) is 26.4 Å². The van der Waals surface area contributed by atoms with E-state index in [0.29, 0.717) is 6.42 Å². The number of quaternary nitrogens is 1. The van der Waals surface area contributed by atoms with E-state index in [2.05, 4.69) is 4.72 Å². The number of benzene rings is 1. The average Bonchev–Trinajstić information content (AvgIpc) is 2.48. The molecule has 24 heavy (non-hydrogen) atoms. The van der Waals surface area contributed by atoms with Crippen LogP contribution in [0.15, 0.2) is 29.2 Å². The van der Waals surface area contributed by atoms with Gasteiger partial charge in [0.05, 0.1) is 25.5 Å². The number of carbonyl (C=O) groups is 1. The molecular formula is C14H21F3N3O3S+. The topological polar surface area (TPSA) is 79.7 Å². The van der Waals surface area contributed by atoms with Crippen molar-refractivity contribution >= 4 is 15.9 Å². The zero-order chi connectivity index (χ0) is 18.4. The molecule has 0 saturated heterocycles. The second-order valence-electron chi connectivity index (χ2n) is 5.53. The highest BCUT2D eigenvalue weighted by molar-refractivity contribution is 7.89. The molecule has 1 rings (SSSR count). The van der Waals surface area contributed by atoms with Gasteiger partial charge in [0, 0.05) is 18.5 Å². The normalized spacial score (nSPS) is 12.4. The molecule has 3 N–H and O–H groups in total. The predicted molar refractivity (Wildman–Crippen MR) is 82.3 cm³/mol. The molecule has 0 aliphatic rings. The highest BCUT2D eigenvalue weighted by Crippen LogP contribution is 2.14. The first-order valence-electron chi connectivity index (χ1n) is 7.25. The molecule has 0 spiro atoms. The van der Waals surface area contributed by atoms with Gasteiger partial charge >= 0.3 is 6.18 Å². The summed E-state index contributed by atoms with van der Waals surface area (Å²) in [5, 5.41) is 1.72. The Labute approximate surface area is 139 Å². The molecule has 0 aromatic heterocycles. The van der Waals surface area contributed by atoms with E-state index in [1.54, 1.807) is 5.32 Å². The SMILES string of the molecule is C[NH+](C)CCCNS(=O)(=O)c1ccc(C(=O)NCC(F)(F)F)cc1. The molecule has 0 heterocycles. The third-order valence-corrected chi connectivity index (χ3v) is 4.50. The third-order valence-electron chi connectivity index (χ3n) is 3.02. The highest BCUT2D eigenvalue weighted by atomic mass is 32.2. The van der Waals surface area contributed by atoms with Crippen LogP contribution in [-0.2, 0) is 10.0 Å². The van der Waals surface area contributed by atoms with Crippen molar-refractivity contribution in [1.82, 2.24) is 10.0 Å². The van der Waals surface area contributed by atoms with Gasteiger partial charge in [0.2, 0.25) is 10.0 Å². The molecule has 0 aliphatic carbocycles. The van der Waals surface area contributed by atoms with Gasteiger partial charge in [-0.3, -0.25) is 4.79 Å². The zero-order valence-electron chi connectivity index (χ0n) is 13.4. The van der Waals surface area contributed by atoms with Gasteiger partial charge in [0.1, 0.15) is 6.54 Å². The minimum absolute atomic E-state index is 0.0468. The second kappa shape index (κ2) is 8.45. The maximum atomic E-state index is 12.0. The largest absolute Gasteiger partial charge is 0.405 e. The van der Waals surface area contributed by atoms with Crippen LogP contribution < -0.4 is 14.9 Å². The number of alkyl halides is 3. The maximum Gasteiger partial charge on any atom is 0.405 e. The predicted octanol–water partition coefficient (Wildman–Crippen LogP) is -0.208. The molecule has 136 valence electrons. The number of amides is 1. The molecule has 0 bridgehead atoms. The summed E-state index contributed by atoms with van der Waals surface area (Å²) >= 11 is 0. The minimum atomic E-state index is -4.50. The maximum absolute atomic E-state index is 12.0. The van der Waals surface area contributed by atoms with E-state index in [1.165, 1.54) is 29.2 Å². The first kappa shape index (κ1) is 20.4. The molecule has 1 aromatic rings. The lowest BCUT2D eigenvalue weighted by molar-refractivity contribution is -0.858. The van der Waals surface area contributed by atoms with Crippen LogP contribution in [0, 0.1) is 0 Å². The lowest BCUT2D eigenvalue weighted by Gasteiger charge is -2.10. The Hall–Kier alpha value is -1.65. The van der Waals surface area contributed by atoms with Crippen molar-refractivity contribution < 1.29 is 31.3 Å². The van der Waals surface area contributed by atoms with Gasteiger partial charge < -0.3 is 10.2 Å².